The molecular weight excluding hydrogens is 430 g/mol. The number of carbonyl (C=O) groups is 1. The van der Waals surface area contributed by atoms with E-state index in [4.69, 9.17) is 0 Å². The predicted molar refractivity (Wildman–Crippen MR) is 123 cm³/mol. The summed E-state index contributed by atoms with van der Waals surface area (Å²) < 4.78 is 1.65. The lowest BCUT2D eigenvalue weighted by atomic mass is 9.98. The molecule has 7 nitrogen and oxygen atoms in total. The molecule has 0 saturated heterocycles. The van der Waals surface area contributed by atoms with Gasteiger partial charge in [-0.2, -0.15) is 5.10 Å². The Balaban J connectivity index is 1.37. The van der Waals surface area contributed by atoms with Crippen molar-refractivity contribution in [2.45, 2.75) is 31.0 Å². The Hall–Kier alpha value is -2.91. The molecule has 0 saturated carbocycles. The zero-order chi connectivity index (χ0) is 21.4. The van der Waals surface area contributed by atoms with Gasteiger partial charge in [0.2, 0.25) is 5.91 Å². The molecular formula is C22H21N5O2S2. The van der Waals surface area contributed by atoms with Crippen LogP contribution in [0.15, 0.2) is 57.9 Å². The van der Waals surface area contributed by atoms with Crippen LogP contribution in [-0.2, 0) is 11.2 Å². The lowest BCUT2D eigenvalue weighted by molar-refractivity contribution is -0.131. The van der Waals surface area contributed by atoms with E-state index in [-0.39, 0.29) is 23.3 Å². The molecule has 0 bridgehead atoms. The molecule has 31 heavy (non-hydrogen) atoms. The molecule has 158 valence electrons. The Kier molecular flexibility index (Phi) is 5.37. The SMILES string of the molecule is CCC1c2ccsc2CCN1C(=O)CSc1nc2c(cnn2-c2ccccc2)c(=O)[nH]1. The van der Waals surface area contributed by atoms with E-state index in [1.54, 1.807) is 16.0 Å². The number of H-pyrrole nitrogens is 1. The molecule has 1 N–H and O–H groups in total. The van der Waals surface area contributed by atoms with Crippen LogP contribution in [0.4, 0.5) is 0 Å². The second-order valence-corrected chi connectivity index (χ2v) is 9.31. The zero-order valence-corrected chi connectivity index (χ0v) is 18.6. The summed E-state index contributed by atoms with van der Waals surface area (Å²) in [5.74, 6) is 0.289. The summed E-state index contributed by atoms with van der Waals surface area (Å²) in [6.07, 6.45) is 3.31. The van der Waals surface area contributed by atoms with Gasteiger partial charge >= 0.3 is 0 Å². The van der Waals surface area contributed by atoms with Gasteiger partial charge in [-0.25, -0.2) is 9.67 Å². The number of para-hydroxylation sites is 1. The molecule has 3 aromatic heterocycles. The van der Waals surface area contributed by atoms with Crippen LogP contribution < -0.4 is 5.56 Å². The number of aromatic nitrogens is 4. The third-order valence-electron chi connectivity index (χ3n) is 5.55. The number of thioether (sulfide) groups is 1. The highest BCUT2D eigenvalue weighted by atomic mass is 32.2. The van der Waals surface area contributed by atoms with E-state index in [1.807, 2.05) is 35.2 Å². The Morgan fingerprint density at radius 2 is 2.13 bits per heavy atom. The molecule has 1 unspecified atom stereocenters. The standard InChI is InChI=1S/C22H21N5O2S2/c1-2-17-15-9-11-30-18(15)8-10-26(17)19(28)13-31-22-24-20-16(21(29)25-22)12-23-27(20)14-6-4-3-5-7-14/h3-7,9,11-12,17H,2,8,10,13H2,1H3,(H,24,25,29). The van der Waals surface area contributed by atoms with E-state index in [0.717, 1.165) is 25.1 Å². The first-order chi connectivity index (χ1) is 15.2. The minimum Gasteiger partial charge on any atom is -0.335 e. The minimum absolute atomic E-state index is 0.0630. The second kappa shape index (κ2) is 8.32. The molecule has 0 spiro atoms. The van der Waals surface area contributed by atoms with Crippen LogP contribution >= 0.6 is 23.1 Å². The topological polar surface area (TPSA) is 83.9 Å². The highest BCUT2D eigenvalue weighted by Gasteiger charge is 2.30. The minimum atomic E-state index is -0.255. The van der Waals surface area contributed by atoms with Gasteiger partial charge in [0.05, 0.1) is 23.7 Å². The maximum absolute atomic E-state index is 13.0. The maximum atomic E-state index is 13.0. The molecule has 0 radical (unpaired) electrons. The third-order valence-corrected chi connectivity index (χ3v) is 7.41. The molecule has 5 rings (SSSR count). The van der Waals surface area contributed by atoms with Crippen LogP contribution in [0.1, 0.15) is 29.8 Å². The largest absolute Gasteiger partial charge is 0.335 e. The van der Waals surface area contributed by atoms with Gasteiger partial charge in [0.15, 0.2) is 10.8 Å². The average Bonchev–Trinajstić information content (AvgIpc) is 3.44. The van der Waals surface area contributed by atoms with Crippen LogP contribution in [0.2, 0.25) is 0 Å². The van der Waals surface area contributed by atoms with Gasteiger partial charge in [0.1, 0.15) is 5.39 Å². The number of aromatic amines is 1. The van der Waals surface area contributed by atoms with Crippen molar-refractivity contribution < 1.29 is 4.79 Å². The van der Waals surface area contributed by atoms with E-state index < -0.39 is 0 Å². The van der Waals surface area contributed by atoms with E-state index in [9.17, 15) is 9.59 Å². The first-order valence-corrected chi connectivity index (χ1v) is 12.0. The van der Waals surface area contributed by atoms with E-state index in [1.165, 1.54) is 28.4 Å². The molecule has 4 heterocycles. The van der Waals surface area contributed by atoms with Crippen molar-refractivity contribution in [3.05, 3.63) is 68.8 Å². The molecule has 1 aliphatic rings. The van der Waals surface area contributed by atoms with Crippen molar-refractivity contribution in [2.24, 2.45) is 0 Å². The molecule has 1 aromatic carbocycles. The first kappa shape index (κ1) is 20.0. The second-order valence-electron chi connectivity index (χ2n) is 7.35. The number of amides is 1. The number of rotatable bonds is 5. The smallest absolute Gasteiger partial charge is 0.262 e. The molecule has 1 atom stereocenters. The van der Waals surface area contributed by atoms with Crippen LogP contribution in [0.5, 0.6) is 0 Å². The summed E-state index contributed by atoms with van der Waals surface area (Å²) in [5.41, 5.74) is 2.33. The summed E-state index contributed by atoms with van der Waals surface area (Å²) in [7, 11) is 0. The number of fused-ring (bicyclic) bond motifs is 2. The molecule has 9 heteroatoms. The molecule has 4 aromatic rings. The number of hydrogen-bond donors (Lipinski definition) is 1. The van der Waals surface area contributed by atoms with Crippen LogP contribution in [0.25, 0.3) is 16.7 Å². The van der Waals surface area contributed by atoms with Crippen molar-refractivity contribution in [3.8, 4) is 5.69 Å². The summed E-state index contributed by atoms with van der Waals surface area (Å²) in [5, 5.41) is 7.28. The van der Waals surface area contributed by atoms with Crippen molar-refractivity contribution in [1.82, 2.24) is 24.6 Å². The number of thiophene rings is 1. The van der Waals surface area contributed by atoms with Gasteiger partial charge in [-0.3, -0.25) is 9.59 Å². The lowest BCUT2D eigenvalue weighted by Gasteiger charge is -2.35. The van der Waals surface area contributed by atoms with E-state index >= 15 is 0 Å². The molecule has 1 aliphatic heterocycles. The predicted octanol–water partition coefficient (Wildman–Crippen LogP) is 3.80. The third kappa shape index (κ3) is 3.68. The fourth-order valence-corrected chi connectivity index (χ4v) is 5.74. The number of carbonyl (C=O) groups excluding carboxylic acids is 1. The molecule has 0 fully saturated rings. The number of nitrogens with zero attached hydrogens (tertiary/aromatic N) is 4. The van der Waals surface area contributed by atoms with Crippen LogP contribution in [0.3, 0.4) is 0 Å². The lowest BCUT2D eigenvalue weighted by Crippen LogP contribution is -2.40. The van der Waals surface area contributed by atoms with Gasteiger partial charge in [0.25, 0.3) is 5.56 Å². The zero-order valence-electron chi connectivity index (χ0n) is 16.9. The highest BCUT2D eigenvalue weighted by Crippen LogP contribution is 2.35. The quantitative estimate of drug-likeness (QED) is 0.369. The summed E-state index contributed by atoms with van der Waals surface area (Å²) in [6.45, 7) is 2.84. The Morgan fingerprint density at radius 3 is 2.94 bits per heavy atom. The monoisotopic (exact) mass is 451 g/mol. The Bertz CT molecular complexity index is 1290. The van der Waals surface area contributed by atoms with Gasteiger partial charge in [-0.1, -0.05) is 36.9 Å². The number of hydrogen-bond acceptors (Lipinski definition) is 6. The highest BCUT2D eigenvalue weighted by molar-refractivity contribution is 7.99. The van der Waals surface area contributed by atoms with Crippen molar-refractivity contribution in [3.63, 3.8) is 0 Å². The van der Waals surface area contributed by atoms with E-state index in [0.29, 0.717) is 16.2 Å². The summed E-state index contributed by atoms with van der Waals surface area (Å²) in [6, 6.07) is 11.8. The van der Waals surface area contributed by atoms with Gasteiger partial charge in [0, 0.05) is 11.4 Å². The Labute approximate surface area is 187 Å². The number of nitrogens with one attached hydrogen (secondary N) is 1. The molecule has 0 aliphatic carbocycles. The van der Waals surface area contributed by atoms with Crippen LogP contribution in [0, 0.1) is 0 Å². The fraction of sp³-hybridized carbons (Fsp3) is 0.273. The first-order valence-electron chi connectivity index (χ1n) is 10.2. The summed E-state index contributed by atoms with van der Waals surface area (Å²) in [4.78, 5) is 36.3. The normalized spacial score (nSPS) is 15.9. The van der Waals surface area contributed by atoms with Gasteiger partial charge < -0.3 is 9.88 Å². The van der Waals surface area contributed by atoms with Gasteiger partial charge in [-0.05, 0) is 42.0 Å². The van der Waals surface area contributed by atoms with E-state index in [2.05, 4.69) is 33.4 Å². The van der Waals surface area contributed by atoms with Crippen molar-refractivity contribution in [2.75, 3.05) is 12.3 Å². The fourth-order valence-electron chi connectivity index (χ4n) is 4.07. The van der Waals surface area contributed by atoms with Crippen LogP contribution in [-0.4, -0.2) is 42.9 Å². The molecule has 1 amide bonds. The van der Waals surface area contributed by atoms with Crippen molar-refractivity contribution in [1.29, 1.82) is 0 Å². The maximum Gasteiger partial charge on any atom is 0.262 e. The number of benzene rings is 1. The Morgan fingerprint density at radius 1 is 1.29 bits per heavy atom. The van der Waals surface area contributed by atoms with Crippen molar-refractivity contribution >= 4 is 40.0 Å². The average molecular weight is 452 g/mol. The summed E-state index contributed by atoms with van der Waals surface area (Å²) >= 11 is 3.03. The van der Waals surface area contributed by atoms with Gasteiger partial charge in [-0.15, -0.1) is 11.3 Å².